The van der Waals surface area contributed by atoms with E-state index >= 15 is 0 Å². The second-order valence-corrected chi connectivity index (χ2v) is 30.1. The van der Waals surface area contributed by atoms with E-state index in [1.54, 1.807) is 0 Å². The van der Waals surface area contributed by atoms with Crippen molar-refractivity contribution in [3.05, 3.63) is 53.4 Å². The van der Waals surface area contributed by atoms with Crippen LogP contribution in [0, 0.1) is 16.9 Å². The minimum atomic E-state index is -1.02. The molecule has 0 saturated carbocycles. The molecule has 0 atom stereocenters. The van der Waals surface area contributed by atoms with E-state index in [9.17, 15) is 0 Å². The van der Waals surface area contributed by atoms with E-state index in [0.717, 1.165) is 12.8 Å². The average molecular weight is 526 g/mol. The zero-order chi connectivity index (χ0) is 21.7. The molecule has 0 aromatic rings. The molecule has 2 aliphatic carbocycles. The van der Waals surface area contributed by atoms with Crippen molar-refractivity contribution >= 4 is 33.0 Å². The smallest absolute Gasteiger partial charge is 0.311 e. The fourth-order valence-electron chi connectivity index (χ4n) is 4.06. The summed E-state index contributed by atoms with van der Waals surface area (Å²) in [7, 11) is -2.93. The Morgan fingerprint density at radius 1 is 0.643 bits per heavy atom. The number of rotatable bonds is 3. The number of allylic oxidation sites excluding steroid dienone is 8. The Morgan fingerprint density at radius 3 is 0.929 bits per heavy atom. The van der Waals surface area contributed by atoms with Crippen LogP contribution in [0.3, 0.4) is 0 Å². The summed E-state index contributed by atoms with van der Waals surface area (Å²) in [4.78, 5) is 2.06. The first kappa shape index (κ1) is 33.4. The van der Waals surface area contributed by atoms with Crippen LogP contribution in [0.25, 0.3) is 0 Å². The Morgan fingerprint density at radius 2 is 0.893 bits per heavy atom. The molecule has 0 saturated heterocycles. The van der Waals surface area contributed by atoms with Gasteiger partial charge in [0.25, 0.3) is 0 Å². The molecule has 0 aromatic carbocycles. The quantitative estimate of drug-likeness (QED) is 0.257. The first-order valence-electron chi connectivity index (χ1n) is 10.2. The summed E-state index contributed by atoms with van der Waals surface area (Å²) < 4.78 is 0. The molecule has 2 aliphatic rings. The van der Waals surface area contributed by atoms with Crippen LogP contribution in [-0.4, -0.2) is 33.0 Å². The predicted molar refractivity (Wildman–Crippen MR) is 140 cm³/mol. The largest absolute Gasteiger partial charge is 3.00 e. The second-order valence-electron chi connectivity index (χ2n) is 10.6. The molecule has 0 unspecified atom stereocenters. The summed E-state index contributed by atoms with van der Waals surface area (Å²) in [6.45, 7) is 29.5. The molecule has 0 heterocycles. The molecular weight excluding hydrogens is 480 g/mol. The van der Waals surface area contributed by atoms with Crippen LogP contribution in [-0.2, 0) is 26.2 Å². The van der Waals surface area contributed by atoms with E-state index in [1.165, 1.54) is 0 Å². The predicted octanol–water partition coefficient (Wildman–Crippen LogP) is 8.17. The third-order valence-corrected chi connectivity index (χ3v) is 21.4. The molecule has 0 nitrogen and oxygen atoms in total. The fourth-order valence-corrected chi connectivity index (χ4v) is 31.1. The van der Waals surface area contributed by atoms with Gasteiger partial charge in [0.15, 0.2) is 0 Å². The zero-order valence-corrected chi connectivity index (χ0v) is 27.3. The second kappa shape index (κ2) is 16.4. The monoisotopic (exact) mass is 524 g/mol. The van der Waals surface area contributed by atoms with Crippen LogP contribution < -0.4 is 0 Å². The third-order valence-electron chi connectivity index (χ3n) is 3.42. The van der Waals surface area contributed by atoms with Crippen molar-refractivity contribution in [2.24, 2.45) is 0 Å². The molecule has 0 aromatic heterocycles. The van der Waals surface area contributed by atoms with Crippen LogP contribution in [0.1, 0.15) is 12.8 Å². The molecule has 0 N–H and O–H groups in total. The number of hydrogen-bond donors (Lipinski definition) is 0. The maximum atomic E-state index is 2.99. The Hall–Kier alpha value is 0.711. The minimum Gasteiger partial charge on any atom is -0.311 e. The summed E-state index contributed by atoms with van der Waals surface area (Å²) >= 11 is 0. The molecule has 158 valence electrons. The maximum absolute atomic E-state index is 2.99. The molecule has 0 fully saturated rings. The van der Waals surface area contributed by atoms with Crippen molar-refractivity contribution < 1.29 is 26.2 Å². The SMILES string of the molecule is C[Si](C)(C)[C-]([Si](C)(C)C)[Si](C)(C)C.C[Si](C)C.[C-]1=CC=CC1.[C-]1=CC=CC1.[Zr+3]. The normalized spacial score (nSPS) is 14.6. The molecule has 5 heteroatoms. The van der Waals surface area contributed by atoms with Crippen molar-refractivity contribution in [1.82, 2.24) is 0 Å². The van der Waals surface area contributed by atoms with Gasteiger partial charge < -0.3 is 4.79 Å². The van der Waals surface area contributed by atoms with Gasteiger partial charge in [-0.15, -0.1) is 37.1 Å². The van der Waals surface area contributed by atoms with Crippen LogP contribution in [0.4, 0.5) is 0 Å². The maximum Gasteiger partial charge on any atom is 3.00 e. The topological polar surface area (TPSA) is 0 Å². The van der Waals surface area contributed by atoms with E-state index < -0.39 is 24.2 Å². The Labute approximate surface area is 202 Å². The van der Waals surface area contributed by atoms with Gasteiger partial charge in [0.2, 0.25) is 0 Å². The van der Waals surface area contributed by atoms with Crippen LogP contribution in [0.15, 0.2) is 36.5 Å². The van der Waals surface area contributed by atoms with E-state index in [1.807, 2.05) is 24.3 Å². The van der Waals surface area contributed by atoms with Gasteiger partial charge in [-0.3, -0.25) is 12.2 Å². The molecule has 2 rings (SSSR count). The van der Waals surface area contributed by atoms with E-state index in [-0.39, 0.29) is 35.0 Å². The third kappa shape index (κ3) is 21.4. The standard InChI is InChI=1S/C10H27Si3.2C5H5.C3H9Si.Zr/c1-11(2,3)10(12(4,5)6)13(7,8)9;2*1-2-4-5-3-1;1-4(2)3;/h1-9H3;2*1-3H,4H2;1-3H3;/q3*-1;;+3. The van der Waals surface area contributed by atoms with Crippen molar-refractivity contribution in [2.45, 2.75) is 91.4 Å². The summed E-state index contributed by atoms with van der Waals surface area (Å²) in [6, 6.07) is 0. The Kier molecular flexibility index (Phi) is 19.5. The summed E-state index contributed by atoms with van der Waals surface area (Å²) in [5, 5.41) is 0. The van der Waals surface area contributed by atoms with Crippen LogP contribution >= 0.6 is 0 Å². The molecule has 2 radical (unpaired) electrons. The summed E-state index contributed by atoms with van der Waals surface area (Å²) in [6.07, 6.45) is 20.0. The Bertz CT molecular complexity index is 406. The van der Waals surface area contributed by atoms with E-state index in [0.29, 0.717) is 0 Å². The molecule has 0 amide bonds. The van der Waals surface area contributed by atoms with Crippen molar-refractivity contribution in [1.29, 1.82) is 0 Å². The zero-order valence-electron chi connectivity index (χ0n) is 20.9. The van der Waals surface area contributed by atoms with Crippen molar-refractivity contribution in [2.75, 3.05) is 0 Å². The van der Waals surface area contributed by atoms with Gasteiger partial charge in [0, 0.05) is 8.80 Å². The summed E-state index contributed by atoms with van der Waals surface area (Å²) in [5.41, 5.74) is 0. The average Bonchev–Trinajstić information content (AvgIpc) is 3.12. The minimum absolute atomic E-state index is 0. The van der Waals surface area contributed by atoms with Gasteiger partial charge in [0.05, 0.1) is 0 Å². The van der Waals surface area contributed by atoms with Gasteiger partial charge >= 0.3 is 26.2 Å². The fraction of sp³-hybridized carbons (Fsp3) is 0.609. The Balaban J connectivity index is -0.000000340. The van der Waals surface area contributed by atoms with Crippen LogP contribution in [0.2, 0.25) is 78.6 Å². The molecule has 0 bridgehead atoms. The van der Waals surface area contributed by atoms with Crippen molar-refractivity contribution in [3.8, 4) is 0 Å². The van der Waals surface area contributed by atoms with Gasteiger partial charge in [-0.05, 0) is 0 Å². The van der Waals surface area contributed by atoms with E-state index in [2.05, 4.69) is 108 Å². The molecule has 0 aliphatic heterocycles. The van der Waals surface area contributed by atoms with Crippen LogP contribution in [0.5, 0.6) is 0 Å². The first-order chi connectivity index (χ1) is 12.1. The van der Waals surface area contributed by atoms with Gasteiger partial charge in [-0.25, -0.2) is 24.3 Å². The molecule has 28 heavy (non-hydrogen) atoms. The van der Waals surface area contributed by atoms with Crippen molar-refractivity contribution in [3.63, 3.8) is 0 Å². The summed E-state index contributed by atoms with van der Waals surface area (Å²) in [5.74, 6) is 0. The van der Waals surface area contributed by atoms with Gasteiger partial charge in [-0.1, -0.05) is 78.6 Å². The van der Waals surface area contributed by atoms with E-state index in [4.69, 9.17) is 0 Å². The molecule has 0 spiro atoms. The first-order valence-corrected chi connectivity index (χ1v) is 23.7. The number of hydrogen-bond acceptors (Lipinski definition) is 0. The van der Waals surface area contributed by atoms with Gasteiger partial charge in [0.1, 0.15) is 0 Å². The van der Waals surface area contributed by atoms with Gasteiger partial charge in [-0.2, -0.15) is 12.2 Å². The molecular formula is C23H46Si4Zr.